The van der Waals surface area contributed by atoms with Crippen LogP contribution in [0.3, 0.4) is 0 Å². The molecule has 0 bridgehead atoms. The lowest BCUT2D eigenvalue weighted by atomic mass is 9.97. The van der Waals surface area contributed by atoms with E-state index in [1.54, 1.807) is 6.20 Å². The van der Waals surface area contributed by atoms with Crippen molar-refractivity contribution in [1.29, 1.82) is 0 Å². The molecule has 12 heteroatoms. The fourth-order valence-corrected chi connectivity index (χ4v) is 4.30. The smallest absolute Gasteiger partial charge is 0.326 e. The summed E-state index contributed by atoms with van der Waals surface area (Å²) in [4.78, 5) is 65.8. The Labute approximate surface area is 234 Å². The first-order valence-electron chi connectivity index (χ1n) is 13.6. The number of rotatable bonds is 16. The molecular formula is C28H42N6O6. The van der Waals surface area contributed by atoms with Crippen LogP contribution in [0.1, 0.15) is 58.9 Å². The molecule has 220 valence electrons. The van der Waals surface area contributed by atoms with Crippen LogP contribution in [0.4, 0.5) is 0 Å². The zero-order valence-corrected chi connectivity index (χ0v) is 23.5. The van der Waals surface area contributed by atoms with Gasteiger partial charge in [-0.15, -0.1) is 0 Å². The summed E-state index contributed by atoms with van der Waals surface area (Å²) in [6.45, 7) is 7.49. The van der Waals surface area contributed by atoms with Crippen LogP contribution in [0, 0.1) is 11.8 Å². The molecular weight excluding hydrogens is 516 g/mol. The number of fused-ring (bicyclic) bond motifs is 1. The highest BCUT2D eigenvalue weighted by Crippen LogP contribution is 2.19. The maximum atomic E-state index is 13.3. The number of aliphatic carboxylic acids is 1. The molecule has 2 aromatic rings. The first-order chi connectivity index (χ1) is 18.8. The van der Waals surface area contributed by atoms with E-state index >= 15 is 0 Å². The highest BCUT2D eigenvalue weighted by Gasteiger charge is 2.32. The van der Waals surface area contributed by atoms with Crippen LogP contribution in [0.15, 0.2) is 30.5 Å². The normalized spacial score (nSPS) is 15.1. The van der Waals surface area contributed by atoms with Crippen molar-refractivity contribution < 1.29 is 29.1 Å². The summed E-state index contributed by atoms with van der Waals surface area (Å²) in [5, 5.41) is 18.4. The Morgan fingerprint density at radius 1 is 0.925 bits per heavy atom. The second-order valence-corrected chi connectivity index (χ2v) is 10.6. The molecule has 40 heavy (non-hydrogen) atoms. The van der Waals surface area contributed by atoms with Crippen LogP contribution >= 0.6 is 0 Å². The lowest BCUT2D eigenvalue weighted by Gasteiger charge is -2.27. The summed E-state index contributed by atoms with van der Waals surface area (Å²) in [5.74, 6) is -3.96. The number of primary amides is 1. The van der Waals surface area contributed by atoms with Gasteiger partial charge in [0.1, 0.15) is 18.1 Å². The molecule has 0 aliphatic heterocycles. The number of amides is 4. The molecule has 1 aromatic carbocycles. The third-order valence-corrected chi connectivity index (χ3v) is 6.93. The van der Waals surface area contributed by atoms with Gasteiger partial charge in [0.05, 0.1) is 6.04 Å². The quantitative estimate of drug-likeness (QED) is 0.158. The number of carbonyl (C=O) groups is 5. The van der Waals surface area contributed by atoms with Crippen molar-refractivity contribution in [2.75, 3.05) is 0 Å². The molecule has 0 radical (unpaired) electrons. The second kappa shape index (κ2) is 15.0. The molecule has 9 N–H and O–H groups in total. The fourth-order valence-electron chi connectivity index (χ4n) is 4.30. The number of hydrogen-bond acceptors (Lipinski definition) is 6. The van der Waals surface area contributed by atoms with Crippen LogP contribution in [-0.2, 0) is 30.4 Å². The maximum Gasteiger partial charge on any atom is 0.326 e. The average Bonchev–Trinajstić information content (AvgIpc) is 3.31. The fraction of sp³-hybridized carbons (Fsp3) is 0.536. The van der Waals surface area contributed by atoms with Crippen molar-refractivity contribution in [3.8, 4) is 0 Å². The largest absolute Gasteiger partial charge is 0.480 e. The predicted octanol–water partition coefficient (Wildman–Crippen LogP) is 0.934. The van der Waals surface area contributed by atoms with Crippen LogP contribution in [-0.4, -0.2) is 63.9 Å². The van der Waals surface area contributed by atoms with Gasteiger partial charge in [0.15, 0.2) is 0 Å². The lowest BCUT2D eigenvalue weighted by Crippen LogP contribution is -2.58. The van der Waals surface area contributed by atoms with Crippen molar-refractivity contribution in [3.05, 3.63) is 36.0 Å². The number of carboxylic acid groups (broad SMARTS) is 1. The van der Waals surface area contributed by atoms with Gasteiger partial charge in [-0.2, -0.15) is 0 Å². The molecule has 0 saturated carbocycles. The van der Waals surface area contributed by atoms with Gasteiger partial charge in [-0.05, 0) is 36.3 Å². The van der Waals surface area contributed by atoms with E-state index < -0.39 is 53.8 Å². The lowest BCUT2D eigenvalue weighted by molar-refractivity contribution is -0.142. The second-order valence-electron chi connectivity index (χ2n) is 10.6. The van der Waals surface area contributed by atoms with E-state index in [2.05, 4.69) is 20.9 Å². The van der Waals surface area contributed by atoms with Gasteiger partial charge < -0.3 is 37.5 Å². The Bertz CT molecular complexity index is 1190. The summed E-state index contributed by atoms with van der Waals surface area (Å²) >= 11 is 0. The predicted molar refractivity (Wildman–Crippen MR) is 151 cm³/mol. The number of nitrogens with one attached hydrogen (secondary N) is 4. The number of carbonyl (C=O) groups excluding carboxylic acids is 4. The number of carboxylic acids is 1. The minimum Gasteiger partial charge on any atom is -0.480 e. The van der Waals surface area contributed by atoms with E-state index in [4.69, 9.17) is 11.5 Å². The van der Waals surface area contributed by atoms with Gasteiger partial charge in [-0.3, -0.25) is 19.2 Å². The van der Waals surface area contributed by atoms with Gasteiger partial charge in [-0.25, -0.2) is 4.79 Å². The van der Waals surface area contributed by atoms with E-state index in [0.717, 1.165) is 10.9 Å². The zero-order valence-electron chi connectivity index (χ0n) is 23.5. The van der Waals surface area contributed by atoms with Gasteiger partial charge in [0, 0.05) is 29.9 Å². The van der Waals surface area contributed by atoms with Crippen molar-refractivity contribution in [2.45, 2.75) is 84.0 Å². The monoisotopic (exact) mass is 558 g/mol. The Balaban J connectivity index is 2.21. The molecule has 0 saturated heterocycles. The minimum absolute atomic E-state index is 0.0128. The van der Waals surface area contributed by atoms with E-state index in [0.29, 0.717) is 12.0 Å². The molecule has 1 aromatic heterocycles. The van der Waals surface area contributed by atoms with Gasteiger partial charge in [0.25, 0.3) is 0 Å². The first kappa shape index (κ1) is 32.3. The summed E-state index contributed by atoms with van der Waals surface area (Å²) in [6.07, 6.45) is 2.24. The standard InChI is InChI=1S/C28H42N6O6/c1-5-16(4)24(30)27(38)33-21(12-15(2)3)26(37)32-20(10-11-23(29)35)25(36)34-22(28(39)40)13-17-14-31-19-9-7-6-8-18(17)19/h6-9,14-16,20-22,24,31H,5,10-13,30H2,1-4H3,(H2,29,35)(H,32,37)(H,33,38)(H,34,36)(H,39,40). The molecule has 0 aliphatic rings. The Morgan fingerprint density at radius 3 is 2.12 bits per heavy atom. The van der Waals surface area contributed by atoms with Gasteiger partial charge in [-0.1, -0.05) is 52.3 Å². The van der Waals surface area contributed by atoms with Crippen LogP contribution in [0.2, 0.25) is 0 Å². The topological polar surface area (TPSA) is 209 Å². The maximum absolute atomic E-state index is 13.3. The third-order valence-electron chi connectivity index (χ3n) is 6.93. The number of benzene rings is 1. The van der Waals surface area contributed by atoms with Crippen molar-refractivity contribution >= 4 is 40.5 Å². The summed E-state index contributed by atoms with van der Waals surface area (Å²) in [5.41, 5.74) is 12.8. The molecule has 4 amide bonds. The zero-order chi connectivity index (χ0) is 30.0. The number of nitrogens with two attached hydrogens (primary N) is 2. The van der Waals surface area contributed by atoms with E-state index in [-0.39, 0.29) is 37.5 Å². The number of H-pyrrole nitrogens is 1. The minimum atomic E-state index is -1.31. The number of para-hydroxylation sites is 1. The molecule has 5 atom stereocenters. The Morgan fingerprint density at radius 2 is 1.52 bits per heavy atom. The molecule has 12 nitrogen and oxygen atoms in total. The molecule has 1 heterocycles. The van der Waals surface area contributed by atoms with Crippen molar-refractivity contribution in [1.82, 2.24) is 20.9 Å². The molecule has 0 fully saturated rings. The number of aromatic nitrogens is 1. The van der Waals surface area contributed by atoms with Crippen molar-refractivity contribution in [2.24, 2.45) is 23.3 Å². The van der Waals surface area contributed by atoms with Crippen molar-refractivity contribution in [3.63, 3.8) is 0 Å². The summed E-state index contributed by atoms with van der Waals surface area (Å²) in [6, 6.07) is 2.98. The van der Waals surface area contributed by atoms with E-state index in [1.165, 1.54) is 0 Å². The highest BCUT2D eigenvalue weighted by molar-refractivity contribution is 5.94. The number of hydrogen-bond donors (Lipinski definition) is 7. The average molecular weight is 559 g/mol. The summed E-state index contributed by atoms with van der Waals surface area (Å²) in [7, 11) is 0. The van der Waals surface area contributed by atoms with E-state index in [9.17, 15) is 29.1 Å². The van der Waals surface area contributed by atoms with Crippen LogP contribution in [0.5, 0.6) is 0 Å². The molecule has 2 rings (SSSR count). The third kappa shape index (κ3) is 9.37. The van der Waals surface area contributed by atoms with Gasteiger partial charge >= 0.3 is 5.97 Å². The Kier molecular flexibility index (Phi) is 12.1. The SMILES string of the molecule is CCC(C)C(N)C(=O)NC(CC(C)C)C(=O)NC(CCC(N)=O)C(=O)NC(Cc1c[nH]c2ccccc12)C(=O)O. The Hall–Kier alpha value is -3.93. The van der Waals surface area contributed by atoms with Crippen LogP contribution in [0.25, 0.3) is 10.9 Å². The summed E-state index contributed by atoms with van der Waals surface area (Å²) < 4.78 is 0. The van der Waals surface area contributed by atoms with E-state index in [1.807, 2.05) is 52.0 Å². The molecule has 0 spiro atoms. The molecule has 5 unspecified atom stereocenters. The molecule has 0 aliphatic carbocycles. The van der Waals surface area contributed by atoms with Gasteiger partial charge in [0.2, 0.25) is 23.6 Å². The van der Waals surface area contributed by atoms with Crippen LogP contribution < -0.4 is 27.4 Å². The first-order valence-corrected chi connectivity index (χ1v) is 13.6. The highest BCUT2D eigenvalue weighted by atomic mass is 16.4. The number of aromatic amines is 1.